The molecule has 0 bridgehead atoms. The molecule has 0 radical (unpaired) electrons. The number of rotatable bonds is 11. The zero-order valence-electron chi connectivity index (χ0n) is 32.9. The summed E-state index contributed by atoms with van der Waals surface area (Å²) >= 11 is 1.74. The van der Waals surface area contributed by atoms with Gasteiger partial charge < -0.3 is 30.1 Å². The maximum Gasteiger partial charge on any atom is 0.144 e. The van der Waals surface area contributed by atoms with Crippen molar-refractivity contribution < 1.29 is 9.90 Å². The molecule has 6 rings (SSSR count). The Kier molecular flexibility index (Phi) is 14.2. The van der Waals surface area contributed by atoms with Gasteiger partial charge in [0.25, 0.3) is 0 Å². The molecule has 0 spiro atoms. The van der Waals surface area contributed by atoms with Crippen LogP contribution in [0.2, 0.25) is 0 Å². The largest absolute Gasteiger partial charge is 0.508 e. The molecule has 11 heteroatoms. The Morgan fingerprint density at radius 3 is 2.69 bits per heavy atom. The molecule has 1 aliphatic heterocycles. The number of fused-ring (bicyclic) bond motifs is 2. The minimum atomic E-state index is 0.136. The van der Waals surface area contributed by atoms with Gasteiger partial charge in [-0.2, -0.15) is 5.10 Å². The SMILES string of the molecule is C=C/C(=C\c1nccn1C)CCc1nc2c(c(-c3cc4ccnc(NC5C/C=C\C=C(\O)C(=C)CC5)c4s3)c1/C(C)=N/NC)C(=C)N(C)CCC2.CCC=O. The number of hydrogen-bond donors (Lipinski definition) is 3. The average Bonchev–Trinajstić information content (AvgIpc) is 3.79. The number of carbonyl (C=O) groups is 1. The Labute approximate surface area is 329 Å². The van der Waals surface area contributed by atoms with Crippen LogP contribution in [0.1, 0.15) is 80.7 Å². The molecule has 0 amide bonds. The third-order valence-corrected chi connectivity index (χ3v) is 11.1. The molecular formula is C44H54N8O2S. The number of thiophene rings is 1. The molecule has 1 aliphatic carbocycles. The monoisotopic (exact) mass is 758 g/mol. The molecule has 5 heterocycles. The number of hydrazone groups is 1. The summed E-state index contributed by atoms with van der Waals surface area (Å²) in [6.07, 6.45) is 22.5. The van der Waals surface area contributed by atoms with Gasteiger partial charge in [0.1, 0.15) is 23.7 Å². The molecule has 0 fully saturated rings. The number of aryl methyl sites for hydroxylation is 3. The molecule has 3 N–H and O–H groups in total. The fourth-order valence-corrected chi connectivity index (χ4v) is 8.00. The number of anilines is 1. The number of nitrogens with zero attached hydrogens (tertiary/aromatic N) is 6. The van der Waals surface area contributed by atoms with E-state index in [-0.39, 0.29) is 11.8 Å². The van der Waals surface area contributed by atoms with Crippen LogP contribution in [0.3, 0.4) is 0 Å². The minimum Gasteiger partial charge on any atom is -0.508 e. The van der Waals surface area contributed by atoms with E-state index in [0.29, 0.717) is 19.3 Å². The average molecular weight is 759 g/mol. The molecule has 55 heavy (non-hydrogen) atoms. The summed E-state index contributed by atoms with van der Waals surface area (Å²) in [5.41, 5.74) is 12.0. The van der Waals surface area contributed by atoms with Gasteiger partial charge in [0.05, 0.1) is 21.8 Å². The summed E-state index contributed by atoms with van der Waals surface area (Å²) in [5, 5.41) is 19.9. The number of aldehydes is 1. The van der Waals surface area contributed by atoms with Crippen LogP contribution in [0.5, 0.6) is 0 Å². The van der Waals surface area contributed by atoms with Crippen molar-refractivity contribution in [3.05, 3.63) is 120 Å². The Bertz CT molecular complexity index is 2170. The van der Waals surface area contributed by atoms with Gasteiger partial charge in [-0.25, -0.2) is 9.97 Å². The van der Waals surface area contributed by atoms with Crippen LogP contribution in [0.15, 0.2) is 96.8 Å². The van der Waals surface area contributed by atoms with E-state index in [1.165, 1.54) is 0 Å². The van der Waals surface area contributed by atoms with E-state index in [1.807, 2.05) is 56.3 Å². The first-order valence-electron chi connectivity index (χ1n) is 18.9. The molecule has 0 saturated carbocycles. The predicted octanol–water partition coefficient (Wildman–Crippen LogP) is 9.20. The van der Waals surface area contributed by atoms with Crippen LogP contribution in [-0.4, -0.2) is 68.2 Å². The van der Waals surface area contributed by atoms with Crippen molar-refractivity contribution in [1.82, 2.24) is 29.8 Å². The van der Waals surface area contributed by atoms with Gasteiger partial charge in [-0.3, -0.25) is 4.98 Å². The smallest absolute Gasteiger partial charge is 0.144 e. The van der Waals surface area contributed by atoms with E-state index in [4.69, 9.17) is 15.1 Å². The van der Waals surface area contributed by atoms with Crippen LogP contribution in [0.4, 0.5) is 5.82 Å². The topological polar surface area (TPSA) is 121 Å². The third kappa shape index (κ3) is 9.77. The molecule has 4 aromatic rings. The number of nitrogens with one attached hydrogen (secondary N) is 2. The lowest BCUT2D eigenvalue weighted by Gasteiger charge is -2.24. The second-order valence-electron chi connectivity index (χ2n) is 13.8. The van der Waals surface area contributed by atoms with Gasteiger partial charge in [0, 0.05) is 86.0 Å². The van der Waals surface area contributed by atoms with Crippen molar-refractivity contribution in [2.45, 2.75) is 71.3 Å². The molecule has 0 saturated heterocycles. The van der Waals surface area contributed by atoms with Crippen LogP contribution in [0.25, 0.3) is 32.3 Å². The van der Waals surface area contributed by atoms with Crippen molar-refractivity contribution in [1.29, 1.82) is 0 Å². The molecule has 288 valence electrons. The molecule has 2 aliphatic rings. The molecular weight excluding hydrogens is 705 g/mol. The van der Waals surface area contributed by atoms with Crippen LogP contribution in [0, 0.1) is 0 Å². The first kappa shape index (κ1) is 40.6. The lowest BCUT2D eigenvalue weighted by molar-refractivity contribution is -0.107. The highest BCUT2D eigenvalue weighted by molar-refractivity contribution is 7.22. The lowest BCUT2D eigenvalue weighted by Crippen LogP contribution is -2.19. The van der Waals surface area contributed by atoms with Crippen molar-refractivity contribution in [2.75, 3.05) is 26.0 Å². The zero-order chi connectivity index (χ0) is 39.5. The highest BCUT2D eigenvalue weighted by atomic mass is 32.1. The molecule has 1 atom stereocenters. The van der Waals surface area contributed by atoms with E-state index < -0.39 is 0 Å². The quantitative estimate of drug-likeness (QED) is 0.0600. The second-order valence-corrected chi connectivity index (χ2v) is 14.9. The molecule has 0 aromatic carbocycles. The molecule has 4 aromatic heterocycles. The summed E-state index contributed by atoms with van der Waals surface area (Å²) in [5.74, 6) is 2.00. The van der Waals surface area contributed by atoms with Gasteiger partial charge in [-0.1, -0.05) is 44.9 Å². The summed E-state index contributed by atoms with van der Waals surface area (Å²) in [4.78, 5) is 27.3. The normalized spacial score (nSPS) is 18.1. The van der Waals surface area contributed by atoms with Gasteiger partial charge in [0.15, 0.2) is 0 Å². The Morgan fingerprint density at radius 1 is 1.18 bits per heavy atom. The number of aliphatic hydroxyl groups is 1. The zero-order valence-corrected chi connectivity index (χ0v) is 33.7. The van der Waals surface area contributed by atoms with Crippen molar-refractivity contribution in [2.24, 2.45) is 12.1 Å². The van der Waals surface area contributed by atoms with E-state index in [0.717, 1.165) is 122 Å². The predicted molar refractivity (Wildman–Crippen MR) is 230 cm³/mol. The van der Waals surface area contributed by atoms with E-state index >= 15 is 0 Å². The highest BCUT2D eigenvalue weighted by Crippen LogP contribution is 2.44. The molecule has 10 nitrogen and oxygen atoms in total. The third-order valence-electron chi connectivity index (χ3n) is 9.89. The number of aromatic nitrogens is 4. The lowest BCUT2D eigenvalue weighted by atomic mass is 9.90. The Balaban J connectivity index is 0.00000138. The number of aliphatic hydroxyl groups excluding tert-OH is 1. The number of allylic oxidation sites excluding steroid dienone is 5. The first-order valence-corrected chi connectivity index (χ1v) is 19.7. The van der Waals surface area contributed by atoms with Gasteiger partial charge in [-0.15, -0.1) is 11.3 Å². The molecule has 1 unspecified atom stereocenters. The van der Waals surface area contributed by atoms with Crippen molar-refractivity contribution >= 4 is 51.0 Å². The van der Waals surface area contributed by atoms with E-state index in [1.54, 1.807) is 17.4 Å². The summed E-state index contributed by atoms with van der Waals surface area (Å²) < 4.78 is 3.10. The number of pyridine rings is 2. The Morgan fingerprint density at radius 2 is 1.98 bits per heavy atom. The minimum absolute atomic E-state index is 0.136. The van der Waals surface area contributed by atoms with Crippen molar-refractivity contribution in [3.8, 4) is 10.4 Å². The Hall–Kier alpha value is -5.55. The van der Waals surface area contributed by atoms with E-state index in [2.05, 4.69) is 78.6 Å². The van der Waals surface area contributed by atoms with Gasteiger partial charge in [-0.05, 0) is 92.7 Å². The summed E-state index contributed by atoms with van der Waals surface area (Å²) in [6, 6.07) is 4.50. The van der Waals surface area contributed by atoms with Crippen LogP contribution in [-0.2, 0) is 24.7 Å². The standard InChI is InChI=1S/C41H48N8OS.C3H6O/c1-8-29(24-36-43-21-23-49(36)7)16-18-33-37(27(3)47-42-5)39(38-28(4)48(6)22-11-13-32(38)46-33)35-25-30-19-20-44-41(40(30)51-35)45-31-12-9-10-14-34(50)26(2)15-17-31;1-2-3-4/h8-10,14,19-21,23-25,31,42,50H,1-2,4,11-13,15-18,22H2,3,5-7H3,(H,44,45);3H,2H2,1H3/b10-9-,29-24+,34-14+,47-27+;. The van der Waals surface area contributed by atoms with E-state index in [9.17, 15) is 9.90 Å². The highest BCUT2D eigenvalue weighted by Gasteiger charge is 2.28. The maximum atomic E-state index is 10.3. The van der Waals surface area contributed by atoms with Gasteiger partial charge in [0.2, 0.25) is 0 Å². The summed E-state index contributed by atoms with van der Waals surface area (Å²) in [7, 11) is 5.95. The number of imidazole rings is 1. The fourth-order valence-electron chi connectivity index (χ4n) is 6.84. The van der Waals surface area contributed by atoms with Crippen LogP contribution < -0.4 is 10.7 Å². The number of carbonyl (C=O) groups excluding carboxylic acids is 1. The fraction of sp³-hybridized carbons (Fsp3) is 0.341. The van der Waals surface area contributed by atoms with Crippen molar-refractivity contribution in [3.63, 3.8) is 0 Å². The van der Waals surface area contributed by atoms with Gasteiger partial charge >= 0.3 is 0 Å². The second kappa shape index (κ2) is 19.2. The summed E-state index contributed by atoms with van der Waals surface area (Å²) in [6.45, 7) is 17.6. The van der Waals surface area contributed by atoms with Crippen LogP contribution >= 0.6 is 11.3 Å². The number of hydrogen-bond acceptors (Lipinski definition) is 10. The maximum absolute atomic E-state index is 10.3. The first-order chi connectivity index (χ1) is 26.6.